The predicted molar refractivity (Wildman–Crippen MR) is 75.4 cm³/mol. The second-order valence-corrected chi connectivity index (χ2v) is 5.73. The predicted octanol–water partition coefficient (Wildman–Crippen LogP) is 3.46. The van der Waals surface area contributed by atoms with Gasteiger partial charge in [0, 0.05) is 5.54 Å². The molecule has 1 aromatic carbocycles. The molecule has 1 fully saturated rings. The first-order valence-electron chi connectivity index (χ1n) is 5.99. The molecule has 0 radical (unpaired) electrons. The average Bonchev–Trinajstić information content (AvgIpc) is 2.29. The molecule has 0 heterocycles. The molecule has 2 rings (SSSR count). The molecule has 1 aliphatic carbocycles. The first-order chi connectivity index (χ1) is 8.50. The van der Waals surface area contributed by atoms with Gasteiger partial charge in [0.25, 0.3) is 0 Å². The molecule has 98 valence electrons. The Labute approximate surface area is 117 Å². The fraction of sp³-hybridized carbons (Fsp3) is 0.462. The molecule has 1 saturated carbocycles. The van der Waals surface area contributed by atoms with Gasteiger partial charge in [0.1, 0.15) is 0 Å². The Balaban J connectivity index is 1.91. The summed E-state index contributed by atoms with van der Waals surface area (Å²) in [4.78, 5) is 11.8. The highest BCUT2D eigenvalue weighted by Gasteiger charge is 2.31. The minimum Gasteiger partial charge on any atom is -0.322 e. The molecule has 0 saturated heterocycles. The molecule has 0 atom stereocenters. The summed E-state index contributed by atoms with van der Waals surface area (Å²) in [6.45, 7) is 2.41. The van der Waals surface area contributed by atoms with Crippen LogP contribution >= 0.6 is 23.2 Å². The monoisotopic (exact) mass is 286 g/mol. The number of benzene rings is 1. The number of hydrogen-bond donors (Lipinski definition) is 2. The second-order valence-electron chi connectivity index (χ2n) is 4.91. The van der Waals surface area contributed by atoms with Crippen molar-refractivity contribution in [2.45, 2.75) is 31.7 Å². The quantitative estimate of drug-likeness (QED) is 0.890. The molecule has 3 nitrogen and oxygen atoms in total. The lowest BCUT2D eigenvalue weighted by molar-refractivity contribution is -0.115. The van der Waals surface area contributed by atoms with Crippen LogP contribution in [-0.2, 0) is 4.79 Å². The van der Waals surface area contributed by atoms with Gasteiger partial charge in [-0.15, -0.1) is 0 Å². The van der Waals surface area contributed by atoms with E-state index in [-0.39, 0.29) is 18.0 Å². The number of carbonyl (C=O) groups is 1. The van der Waals surface area contributed by atoms with Crippen LogP contribution in [0.2, 0.25) is 10.0 Å². The van der Waals surface area contributed by atoms with E-state index in [0.717, 1.165) is 12.8 Å². The van der Waals surface area contributed by atoms with Crippen molar-refractivity contribution in [2.24, 2.45) is 0 Å². The lowest BCUT2D eigenvalue weighted by atomic mass is 9.78. The van der Waals surface area contributed by atoms with Crippen LogP contribution in [0.4, 0.5) is 5.69 Å². The molecule has 1 aromatic rings. The van der Waals surface area contributed by atoms with E-state index in [9.17, 15) is 4.79 Å². The van der Waals surface area contributed by atoms with Crippen molar-refractivity contribution in [3.63, 3.8) is 0 Å². The largest absolute Gasteiger partial charge is 0.322 e. The Morgan fingerprint density at radius 3 is 2.44 bits per heavy atom. The Hall–Kier alpha value is -0.770. The van der Waals surface area contributed by atoms with Crippen molar-refractivity contribution < 1.29 is 4.79 Å². The fourth-order valence-electron chi connectivity index (χ4n) is 1.98. The number of carbonyl (C=O) groups excluding carboxylic acids is 1. The summed E-state index contributed by atoms with van der Waals surface area (Å²) >= 11 is 12.0. The number of rotatable bonds is 4. The zero-order valence-electron chi connectivity index (χ0n) is 10.2. The van der Waals surface area contributed by atoms with Gasteiger partial charge in [-0.25, -0.2) is 0 Å². The molecular weight excluding hydrogens is 271 g/mol. The van der Waals surface area contributed by atoms with Crippen molar-refractivity contribution in [1.82, 2.24) is 5.32 Å². The standard InChI is InChI=1S/C13H16Cl2N2O/c1-13(6-3-7-13)16-8-11(18)17-12-9(14)4-2-5-10(12)15/h2,4-5,16H,3,6-8H2,1H3,(H,17,18). The zero-order chi connectivity index (χ0) is 13.2. The summed E-state index contributed by atoms with van der Waals surface area (Å²) < 4.78 is 0. The van der Waals surface area contributed by atoms with Gasteiger partial charge in [0.15, 0.2) is 0 Å². The Morgan fingerprint density at radius 2 is 1.94 bits per heavy atom. The summed E-state index contributed by atoms with van der Waals surface area (Å²) in [6.07, 6.45) is 3.46. The summed E-state index contributed by atoms with van der Waals surface area (Å²) in [7, 11) is 0. The Bertz CT molecular complexity index is 438. The van der Waals surface area contributed by atoms with Crippen molar-refractivity contribution in [3.8, 4) is 0 Å². The summed E-state index contributed by atoms with van der Waals surface area (Å²) in [5.74, 6) is -0.127. The van der Waals surface area contributed by atoms with Crippen molar-refractivity contribution in [3.05, 3.63) is 28.2 Å². The summed E-state index contributed by atoms with van der Waals surface area (Å²) in [5, 5.41) is 6.89. The third-order valence-electron chi connectivity index (χ3n) is 3.36. The normalized spacial score (nSPS) is 17.1. The molecule has 18 heavy (non-hydrogen) atoms. The van der Waals surface area contributed by atoms with Gasteiger partial charge in [0.05, 0.1) is 22.3 Å². The van der Waals surface area contributed by atoms with E-state index in [1.807, 2.05) is 0 Å². The van der Waals surface area contributed by atoms with Gasteiger partial charge < -0.3 is 10.6 Å². The van der Waals surface area contributed by atoms with Gasteiger partial charge in [-0.2, -0.15) is 0 Å². The maximum Gasteiger partial charge on any atom is 0.238 e. The van der Waals surface area contributed by atoms with Crippen LogP contribution in [-0.4, -0.2) is 18.0 Å². The molecule has 0 aliphatic heterocycles. The van der Waals surface area contributed by atoms with Crippen molar-refractivity contribution in [1.29, 1.82) is 0 Å². The molecule has 1 amide bonds. The third kappa shape index (κ3) is 3.16. The van der Waals surface area contributed by atoms with E-state index in [0.29, 0.717) is 15.7 Å². The van der Waals surface area contributed by atoms with Gasteiger partial charge in [-0.05, 0) is 38.3 Å². The first kappa shape index (κ1) is 13.7. The van der Waals surface area contributed by atoms with Crippen LogP contribution in [0.25, 0.3) is 0 Å². The maximum atomic E-state index is 11.8. The van der Waals surface area contributed by atoms with E-state index < -0.39 is 0 Å². The third-order valence-corrected chi connectivity index (χ3v) is 3.99. The van der Waals surface area contributed by atoms with Crippen LogP contribution in [0, 0.1) is 0 Å². The first-order valence-corrected chi connectivity index (χ1v) is 6.75. The molecule has 0 bridgehead atoms. The van der Waals surface area contributed by atoms with E-state index in [4.69, 9.17) is 23.2 Å². The summed E-state index contributed by atoms with van der Waals surface area (Å²) in [5.41, 5.74) is 0.591. The molecule has 0 aromatic heterocycles. The van der Waals surface area contributed by atoms with Crippen LogP contribution in [0.3, 0.4) is 0 Å². The molecule has 0 unspecified atom stereocenters. The van der Waals surface area contributed by atoms with Crippen LogP contribution in [0.1, 0.15) is 26.2 Å². The Morgan fingerprint density at radius 1 is 1.33 bits per heavy atom. The van der Waals surface area contributed by atoms with Crippen LogP contribution in [0.5, 0.6) is 0 Å². The number of amides is 1. The minimum atomic E-state index is -0.127. The van der Waals surface area contributed by atoms with Gasteiger partial charge in [0.2, 0.25) is 5.91 Å². The maximum absolute atomic E-state index is 11.8. The van der Waals surface area contributed by atoms with E-state index in [1.165, 1.54) is 6.42 Å². The SMILES string of the molecule is CC1(NCC(=O)Nc2c(Cl)cccc2Cl)CCC1. The topological polar surface area (TPSA) is 41.1 Å². The lowest BCUT2D eigenvalue weighted by Crippen LogP contribution is -2.50. The lowest BCUT2D eigenvalue weighted by Gasteiger charge is -2.39. The highest BCUT2D eigenvalue weighted by Crippen LogP contribution is 2.31. The number of anilines is 1. The molecular formula is C13H16Cl2N2O. The molecule has 5 heteroatoms. The minimum absolute atomic E-state index is 0.113. The molecule has 2 N–H and O–H groups in total. The highest BCUT2D eigenvalue weighted by molar-refractivity contribution is 6.39. The molecule has 1 aliphatic rings. The average molecular weight is 287 g/mol. The molecule has 0 spiro atoms. The van der Waals surface area contributed by atoms with Crippen molar-refractivity contribution in [2.75, 3.05) is 11.9 Å². The highest BCUT2D eigenvalue weighted by atomic mass is 35.5. The summed E-state index contributed by atoms with van der Waals surface area (Å²) in [6, 6.07) is 5.14. The van der Waals surface area contributed by atoms with E-state index in [2.05, 4.69) is 17.6 Å². The second kappa shape index (κ2) is 5.47. The van der Waals surface area contributed by atoms with E-state index >= 15 is 0 Å². The Kier molecular flexibility index (Phi) is 4.15. The number of nitrogens with one attached hydrogen (secondary N) is 2. The van der Waals surface area contributed by atoms with E-state index in [1.54, 1.807) is 18.2 Å². The van der Waals surface area contributed by atoms with Gasteiger partial charge in [-0.3, -0.25) is 4.79 Å². The fourth-order valence-corrected chi connectivity index (χ4v) is 2.47. The number of hydrogen-bond acceptors (Lipinski definition) is 2. The van der Waals surface area contributed by atoms with Gasteiger partial charge in [-0.1, -0.05) is 29.3 Å². The zero-order valence-corrected chi connectivity index (χ0v) is 11.7. The van der Waals surface area contributed by atoms with Crippen LogP contribution < -0.4 is 10.6 Å². The van der Waals surface area contributed by atoms with Crippen LogP contribution in [0.15, 0.2) is 18.2 Å². The smallest absolute Gasteiger partial charge is 0.238 e. The van der Waals surface area contributed by atoms with Crippen molar-refractivity contribution >= 4 is 34.8 Å². The number of halogens is 2. The van der Waals surface area contributed by atoms with Gasteiger partial charge >= 0.3 is 0 Å². The number of para-hydroxylation sites is 1.